The number of benzene rings is 1. The van der Waals surface area contributed by atoms with Gasteiger partial charge in [-0.05, 0) is 50.5 Å². The van der Waals surface area contributed by atoms with Crippen molar-refractivity contribution in [1.29, 1.82) is 0 Å². The number of carbonyl (C=O) groups excluding carboxylic acids is 1. The minimum Gasteiger partial charge on any atom is -0.349 e. The second-order valence-corrected chi connectivity index (χ2v) is 6.66. The number of carbonyl (C=O) groups is 1. The first kappa shape index (κ1) is 16.0. The van der Waals surface area contributed by atoms with Gasteiger partial charge >= 0.3 is 0 Å². The number of aryl methyl sites for hydroxylation is 1. The molecule has 1 saturated carbocycles. The number of nitrogens with one attached hydrogen (secondary N) is 1. The SMILES string of the molecule is CCC(CC(=O)NC(C)(CN)C1CC1)c1ccc(C)cc1. The number of hydrogen-bond donors (Lipinski definition) is 2. The highest BCUT2D eigenvalue weighted by Crippen LogP contribution is 2.39. The maximum Gasteiger partial charge on any atom is 0.221 e. The third kappa shape index (κ3) is 4.07. The van der Waals surface area contributed by atoms with Crippen molar-refractivity contribution in [2.45, 2.75) is 57.9 Å². The molecule has 1 fully saturated rings. The lowest BCUT2D eigenvalue weighted by Crippen LogP contribution is -2.53. The van der Waals surface area contributed by atoms with Gasteiger partial charge in [-0.3, -0.25) is 4.79 Å². The molecule has 3 heteroatoms. The van der Waals surface area contributed by atoms with Crippen LogP contribution in [0.4, 0.5) is 0 Å². The van der Waals surface area contributed by atoms with Crippen molar-refractivity contribution in [2.24, 2.45) is 11.7 Å². The molecule has 2 unspecified atom stereocenters. The van der Waals surface area contributed by atoms with Crippen LogP contribution in [0.25, 0.3) is 0 Å². The summed E-state index contributed by atoms with van der Waals surface area (Å²) >= 11 is 0. The molecule has 0 aliphatic heterocycles. The molecule has 1 aliphatic carbocycles. The predicted octanol–water partition coefficient (Wildman–Crippen LogP) is 3.12. The van der Waals surface area contributed by atoms with Gasteiger partial charge in [0.05, 0.1) is 5.54 Å². The molecule has 0 saturated heterocycles. The van der Waals surface area contributed by atoms with Gasteiger partial charge in [-0.15, -0.1) is 0 Å². The van der Waals surface area contributed by atoms with Gasteiger partial charge in [0.25, 0.3) is 0 Å². The zero-order valence-corrected chi connectivity index (χ0v) is 13.5. The first-order valence-corrected chi connectivity index (χ1v) is 8.06. The Morgan fingerprint density at radius 1 is 1.38 bits per heavy atom. The van der Waals surface area contributed by atoms with E-state index in [4.69, 9.17) is 5.73 Å². The number of nitrogens with two attached hydrogens (primary N) is 1. The van der Waals surface area contributed by atoms with Crippen LogP contribution in [-0.2, 0) is 4.79 Å². The monoisotopic (exact) mass is 288 g/mol. The van der Waals surface area contributed by atoms with Crippen LogP contribution in [0.1, 0.15) is 56.6 Å². The Bertz CT molecular complexity index is 478. The highest BCUT2D eigenvalue weighted by molar-refractivity contribution is 5.77. The van der Waals surface area contributed by atoms with Crippen molar-refractivity contribution in [3.05, 3.63) is 35.4 Å². The van der Waals surface area contributed by atoms with Gasteiger partial charge < -0.3 is 11.1 Å². The van der Waals surface area contributed by atoms with E-state index in [0.717, 1.165) is 6.42 Å². The summed E-state index contributed by atoms with van der Waals surface area (Å²) in [6.45, 7) is 6.82. The molecule has 1 amide bonds. The minimum absolute atomic E-state index is 0.127. The Hall–Kier alpha value is -1.35. The molecule has 2 rings (SSSR count). The molecule has 1 aliphatic rings. The molecular formula is C18H28N2O. The Balaban J connectivity index is 1.97. The lowest BCUT2D eigenvalue weighted by Gasteiger charge is -2.30. The van der Waals surface area contributed by atoms with Crippen LogP contribution in [-0.4, -0.2) is 18.0 Å². The summed E-state index contributed by atoms with van der Waals surface area (Å²) in [5.41, 5.74) is 8.15. The molecule has 2 atom stereocenters. The van der Waals surface area contributed by atoms with Gasteiger partial charge in [-0.25, -0.2) is 0 Å². The minimum atomic E-state index is -0.220. The Morgan fingerprint density at radius 3 is 2.48 bits per heavy atom. The van der Waals surface area contributed by atoms with Crippen LogP contribution in [0.3, 0.4) is 0 Å². The summed E-state index contributed by atoms with van der Waals surface area (Å²) in [5.74, 6) is 0.972. The van der Waals surface area contributed by atoms with Gasteiger partial charge in [0.1, 0.15) is 0 Å². The Labute approximate surface area is 128 Å². The molecule has 1 aromatic rings. The summed E-state index contributed by atoms with van der Waals surface area (Å²) < 4.78 is 0. The van der Waals surface area contributed by atoms with Crippen molar-refractivity contribution in [2.75, 3.05) is 6.54 Å². The van der Waals surface area contributed by atoms with Gasteiger partial charge in [0.2, 0.25) is 5.91 Å². The number of amides is 1. The molecule has 0 heterocycles. The molecule has 116 valence electrons. The lowest BCUT2D eigenvalue weighted by atomic mass is 9.90. The number of hydrogen-bond acceptors (Lipinski definition) is 2. The van der Waals surface area contributed by atoms with Crippen LogP contribution in [0, 0.1) is 12.8 Å². The molecule has 0 spiro atoms. The summed E-state index contributed by atoms with van der Waals surface area (Å²) in [5, 5.41) is 3.19. The largest absolute Gasteiger partial charge is 0.349 e. The van der Waals surface area contributed by atoms with Crippen molar-refractivity contribution in [3.8, 4) is 0 Å². The van der Waals surface area contributed by atoms with E-state index >= 15 is 0 Å². The van der Waals surface area contributed by atoms with Crippen molar-refractivity contribution < 1.29 is 4.79 Å². The molecule has 21 heavy (non-hydrogen) atoms. The fourth-order valence-electron chi connectivity index (χ4n) is 2.97. The Morgan fingerprint density at radius 2 is 2.00 bits per heavy atom. The first-order chi connectivity index (χ1) is 9.98. The fraction of sp³-hybridized carbons (Fsp3) is 0.611. The summed E-state index contributed by atoms with van der Waals surface area (Å²) in [6.07, 6.45) is 3.88. The fourth-order valence-corrected chi connectivity index (χ4v) is 2.97. The molecular weight excluding hydrogens is 260 g/mol. The molecule has 0 radical (unpaired) electrons. The smallest absolute Gasteiger partial charge is 0.221 e. The van der Waals surface area contributed by atoms with Crippen molar-refractivity contribution >= 4 is 5.91 Å². The topological polar surface area (TPSA) is 55.1 Å². The quantitative estimate of drug-likeness (QED) is 0.810. The van der Waals surface area contributed by atoms with Crippen LogP contribution < -0.4 is 11.1 Å². The highest BCUT2D eigenvalue weighted by Gasteiger charge is 2.41. The van der Waals surface area contributed by atoms with E-state index in [9.17, 15) is 4.79 Å². The van der Waals surface area contributed by atoms with Crippen molar-refractivity contribution in [3.63, 3.8) is 0 Å². The maximum absolute atomic E-state index is 12.4. The molecule has 3 nitrogen and oxygen atoms in total. The zero-order chi connectivity index (χ0) is 15.5. The number of rotatable bonds is 7. The van der Waals surface area contributed by atoms with E-state index < -0.39 is 0 Å². The summed E-state index contributed by atoms with van der Waals surface area (Å²) in [6, 6.07) is 8.51. The third-order valence-corrected chi connectivity index (χ3v) is 4.80. The molecule has 3 N–H and O–H groups in total. The van der Waals surface area contributed by atoms with Crippen LogP contribution in [0.15, 0.2) is 24.3 Å². The summed E-state index contributed by atoms with van der Waals surface area (Å²) in [7, 11) is 0. The van der Waals surface area contributed by atoms with E-state index in [2.05, 4.69) is 50.4 Å². The third-order valence-electron chi connectivity index (χ3n) is 4.80. The predicted molar refractivity (Wildman–Crippen MR) is 87.2 cm³/mol. The van der Waals surface area contributed by atoms with E-state index in [1.54, 1.807) is 0 Å². The maximum atomic E-state index is 12.4. The average molecular weight is 288 g/mol. The molecule has 0 aromatic heterocycles. The van der Waals surface area contributed by atoms with Gasteiger partial charge in [-0.1, -0.05) is 36.8 Å². The summed E-state index contributed by atoms with van der Waals surface area (Å²) in [4.78, 5) is 12.4. The first-order valence-electron chi connectivity index (χ1n) is 8.06. The van der Waals surface area contributed by atoms with E-state index in [-0.39, 0.29) is 17.4 Å². The highest BCUT2D eigenvalue weighted by atomic mass is 16.1. The lowest BCUT2D eigenvalue weighted by molar-refractivity contribution is -0.123. The van der Waals surface area contributed by atoms with Gasteiger partial charge in [0, 0.05) is 13.0 Å². The van der Waals surface area contributed by atoms with Crippen LogP contribution >= 0.6 is 0 Å². The second kappa shape index (κ2) is 6.61. The average Bonchev–Trinajstić information content (AvgIpc) is 3.30. The zero-order valence-electron chi connectivity index (χ0n) is 13.5. The molecule has 1 aromatic carbocycles. The van der Waals surface area contributed by atoms with Gasteiger partial charge in [-0.2, -0.15) is 0 Å². The molecule has 0 bridgehead atoms. The van der Waals surface area contributed by atoms with E-state index in [1.807, 2.05) is 0 Å². The standard InChI is InChI=1S/C18H28N2O/c1-4-14(15-7-5-13(2)6-8-15)11-17(21)20-18(3,12-19)16-9-10-16/h5-8,14,16H,4,9-12,19H2,1-3H3,(H,20,21). The van der Waals surface area contributed by atoms with E-state index in [1.165, 1.54) is 24.0 Å². The normalized spacial score (nSPS) is 18.9. The van der Waals surface area contributed by atoms with Gasteiger partial charge in [0.15, 0.2) is 0 Å². The van der Waals surface area contributed by atoms with Crippen molar-refractivity contribution in [1.82, 2.24) is 5.32 Å². The Kier molecular flexibility index (Phi) is 5.04. The van der Waals surface area contributed by atoms with Crippen LogP contribution in [0.5, 0.6) is 0 Å². The van der Waals surface area contributed by atoms with Crippen LogP contribution in [0.2, 0.25) is 0 Å². The van der Waals surface area contributed by atoms with E-state index in [0.29, 0.717) is 18.9 Å². The second-order valence-electron chi connectivity index (χ2n) is 6.66.